The van der Waals surface area contributed by atoms with Crippen LogP contribution in [-0.4, -0.2) is 9.85 Å². The van der Waals surface area contributed by atoms with Crippen LogP contribution in [0.1, 0.15) is 0 Å². The van der Waals surface area contributed by atoms with Crippen molar-refractivity contribution >= 4 is 11.4 Å². The summed E-state index contributed by atoms with van der Waals surface area (Å²) in [6.45, 7) is 0. The van der Waals surface area contributed by atoms with Gasteiger partial charge in [-0.15, -0.1) is 0 Å². The van der Waals surface area contributed by atoms with Gasteiger partial charge in [-0.2, -0.15) is 0 Å². The third kappa shape index (κ3) is 2.99. The fourth-order valence-electron chi connectivity index (χ4n) is 0.762. The number of non-ortho nitro benzene ring substituents is 1. The van der Waals surface area contributed by atoms with Crippen LogP contribution in [0.3, 0.4) is 0 Å². The molecule has 1 aromatic carbocycles. The second-order valence-corrected chi connectivity index (χ2v) is 2.17. The van der Waals surface area contributed by atoms with Gasteiger partial charge in [0.25, 0.3) is 11.4 Å². The largest absolute Gasteiger partial charge is 1.00 e. The number of nitro groups is 2. The van der Waals surface area contributed by atoms with E-state index in [4.69, 9.17) is 0 Å². The van der Waals surface area contributed by atoms with Crippen molar-refractivity contribution < 1.29 is 66.3 Å². The molecule has 0 unspecified atom stereocenters. The zero-order chi connectivity index (χ0) is 10.0. The Morgan fingerprint density at radius 3 is 2.07 bits per heavy atom. The molecule has 0 bridgehead atoms. The monoisotopic (exact) mass is 222 g/mol. The van der Waals surface area contributed by atoms with Gasteiger partial charge in [0, 0.05) is 6.07 Å². The molecule has 1 aromatic rings. The van der Waals surface area contributed by atoms with Gasteiger partial charge in [0.15, 0.2) is 0 Å². The second-order valence-electron chi connectivity index (χ2n) is 2.17. The Labute approximate surface area is 120 Å². The van der Waals surface area contributed by atoms with Gasteiger partial charge < -0.3 is 5.11 Å². The van der Waals surface area contributed by atoms with Gasteiger partial charge in [-0.1, -0.05) is 6.07 Å². The molecular weight excluding hydrogens is 219 g/mol. The Balaban J connectivity index is 0.00000169. The predicted octanol–water partition coefficient (Wildman–Crippen LogP) is -2.42. The quantitative estimate of drug-likeness (QED) is 0.314. The topological polar surface area (TPSA) is 109 Å². The molecular formula is C6H3KN2O5. The van der Waals surface area contributed by atoms with Crippen LogP contribution >= 0.6 is 0 Å². The van der Waals surface area contributed by atoms with Crippen molar-refractivity contribution in [2.45, 2.75) is 0 Å². The summed E-state index contributed by atoms with van der Waals surface area (Å²) in [4.78, 5) is 18.6. The average Bonchev–Trinajstić information content (AvgIpc) is 2.04. The van der Waals surface area contributed by atoms with E-state index in [0.717, 1.165) is 12.1 Å². The van der Waals surface area contributed by atoms with Crippen molar-refractivity contribution in [2.75, 3.05) is 0 Å². The van der Waals surface area contributed by atoms with Crippen molar-refractivity contribution in [3.05, 3.63) is 38.4 Å². The second kappa shape index (κ2) is 5.37. The van der Waals surface area contributed by atoms with Crippen LogP contribution < -0.4 is 56.5 Å². The van der Waals surface area contributed by atoms with Crippen molar-refractivity contribution in [2.24, 2.45) is 0 Å². The molecule has 0 spiro atoms. The third-order valence-electron chi connectivity index (χ3n) is 1.35. The van der Waals surface area contributed by atoms with Crippen molar-refractivity contribution in [1.29, 1.82) is 0 Å². The van der Waals surface area contributed by atoms with Gasteiger partial charge in [0.05, 0.1) is 15.9 Å². The first-order valence-electron chi connectivity index (χ1n) is 3.12. The maximum Gasteiger partial charge on any atom is 1.00 e. The third-order valence-corrected chi connectivity index (χ3v) is 1.35. The number of nitro benzene ring substituents is 2. The van der Waals surface area contributed by atoms with E-state index in [1.165, 1.54) is 0 Å². The summed E-state index contributed by atoms with van der Waals surface area (Å²) < 4.78 is 0. The minimum atomic E-state index is -0.949. The van der Waals surface area contributed by atoms with Crippen molar-refractivity contribution in [3.63, 3.8) is 0 Å². The van der Waals surface area contributed by atoms with Gasteiger partial charge in [-0.3, -0.25) is 20.2 Å². The first-order valence-corrected chi connectivity index (χ1v) is 3.12. The molecule has 0 aliphatic rings. The summed E-state index contributed by atoms with van der Waals surface area (Å²) >= 11 is 0. The maximum absolute atomic E-state index is 10.8. The summed E-state index contributed by atoms with van der Waals surface area (Å²) in [6.07, 6.45) is 0. The molecule has 0 N–H and O–H groups in total. The minimum Gasteiger partial charge on any atom is -0.868 e. The van der Waals surface area contributed by atoms with E-state index < -0.39 is 27.0 Å². The molecule has 0 saturated heterocycles. The molecule has 1 rings (SSSR count). The smallest absolute Gasteiger partial charge is 0.868 e. The number of nitrogens with zero attached hydrogens (tertiary/aromatic N) is 2. The molecule has 0 radical (unpaired) electrons. The molecule has 0 saturated carbocycles. The molecule has 8 heteroatoms. The molecule has 0 fully saturated rings. The van der Waals surface area contributed by atoms with E-state index >= 15 is 0 Å². The van der Waals surface area contributed by atoms with Gasteiger partial charge in [-0.25, -0.2) is 0 Å². The average molecular weight is 222 g/mol. The van der Waals surface area contributed by atoms with Crippen LogP contribution in [0.4, 0.5) is 11.4 Å². The van der Waals surface area contributed by atoms with Crippen LogP contribution in [-0.2, 0) is 0 Å². The summed E-state index contributed by atoms with van der Waals surface area (Å²) in [5.74, 6) is -0.837. The Bertz CT molecular complexity index is 380. The number of hydrogen-bond donors (Lipinski definition) is 0. The Morgan fingerprint density at radius 1 is 1.07 bits per heavy atom. The van der Waals surface area contributed by atoms with Gasteiger partial charge in [0.1, 0.15) is 0 Å². The van der Waals surface area contributed by atoms with Crippen LogP contribution in [0.2, 0.25) is 0 Å². The Kier molecular flexibility index (Phi) is 5.16. The first kappa shape index (κ1) is 13.5. The Hall–Kier alpha value is -0.544. The molecule has 0 aliphatic carbocycles. The van der Waals surface area contributed by atoms with Gasteiger partial charge >= 0.3 is 51.4 Å². The SMILES string of the molecule is O=[N+]([O-])c1ccc([O-])c([N+](=O)[O-])c1.[K+]. The van der Waals surface area contributed by atoms with E-state index in [1.807, 2.05) is 0 Å². The summed E-state index contributed by atoms with van der Waals surface area (Å²) in [5.41, 5.74) is -1.25. The van der Waals surface area contributed by atoms with E-state index in [1.54, 1.807) is 0 Å². The van der Waals surface area contributed by atoms with Gasteiger partial charge in [-0.05, 0) is 5.75 Å². The van der Waals surface area contributed by atoms with Crippen molar-refractivity contribution in [1.82, 2.24) is 0 Å². The first-order chi connectivity index (χ1) is 6.02. The maximum atomic E-state index is 10.8. The van der Waals surface area contributed by atoms with E-state index in [9.17, 15) is 25.3 Å². The van der Waals surface area contributed by atoms with Crippen LogP contribution in [0.5, 0.6) is 5.75 Å². The Morgan fingerprint density at radius 2 is 1.64 bits per heavy atom. The molecule has 14 heavy (non-hydrogen) atoms. The van der Waals surface area contributed by atoms with E-state index in [0.29, 0.717) is 6.07 Å². The fraction of sp³-hybridized carbons (Fsp3) is 0. The van der Waals surface area contributed by atoms with Crippen molar-refractivity contribution in [3.8, 4) is 5.75 Å². The van der Waals surface area contributed by atoms with Crippen LogP contribution in [0.15, 0.2) is 18.2 Å². The van der Waals surface area contributed by atoms with E-state index in [2.05, 4.69) is 0 Å². The summed E-state index contributed by atoms with van der Waals surface area (Å²) in [7, 11) is 0. The normalized spacial score (nSPS) is 8.86. The van der Waals surface area contributed by atoms with Crippen LogP contribution in [0.25, 0.3) is 0 Å². The fourth-order valence-corrected chi connectivity index (χ4v) is 0.762. The standard InChI is InChI=1S/C6H4N2O5.K/c9-6-2-1-4(7(10)11)3-5(6)8(12)13;/h1-3,9H;/q;+1/p-1. The molecule has 0 amide bonds. The molecule has 0 heterocycles. The molecule has 0 aliphatic heterocycles. The van der Waals surface area contributed by atoms with E-state index in [-0.39, 0.29) is 51.4 Å². The molecule has 68 valence electrons. The molecule has 0 aromatic heterocycles. The summed E-state index contributed by atoms with van der Waals surface area (Å²) in [5, 5.41) is 31.1. The minimum absolute atomic E-state index is 0. The number of hydrogen-bond acceptors (Lipinski definition) is 5. The number of benzene rings is 1. The molecule has 0 atom stereocenters. The zero-order valence-corrected chi connectivity index (χ0v) is 10.3. The van der Waals surface area contributed by atoms with Gasteiger partial charge in [0.2, 0.25) is 0 Å². The van der Waals surface area contributed by atoms with Crippen LogP contribution in [0, 0.1) is 20.2 Å². The number of rotatable bonds is 2. The molecule has 7 nitrogen and oxygen atoms in total. The predicted molar refractivity (Wildman–Crippen MR) is 39.2 cm³/mol. The zero-order valence-electron chi connectivity index (χ0n) is 7.17. The summed E-state index contributed by atoms with van der Waals surface area (Å²) in [6, 6.07) is 2.37.